The van der Waals surface area contributed by atoms with E-state index in [2.05, 4.69) is 21.9 Å². The summed E-state index contributed by atoms with van der Waals surface area (Å²) in [7, 11) is -1.94. The quantitative estimate of drug-likeness (QED) is 0.588. The Labute approximate surface area is 115 Å². The lowest BCUT2D eigenvalue weighted by Crippen LogP contribution is -2.35. The molecule has 0 radical (unpaired) electrons. The third-order valence-corrected chi connectivity index (χ3v) is 4.11. The van der Waals surface area contributed by atoms with Crippen molar-refractivity contribution in [2.45, 2.75) is 37.8 Å². The molecular weight excluding hydrogens is 266 g/mol. The largest absolute Gasteiger partial charge is 0.383 e. The van der Waals surface area contributed by atoms with Crippen LogP contribution in [0.5, 0.6) is 0 Å². The Morgan fingerprint density at radius 1 is 1.47 bits per heavy atom. The van der Waals surface area contributed by atoms with Gasteiger partial charge in [0.05, 0.1) is 11.5 Å². The number of hydrogen-bond acceptors (Lipinski definition) is 4. The van der Waals surface area contributed by atoms with Crippen LogP contribution in [0.1, 0.15) is 26.0 Å². The zero-order valence-corrected chi connectivity index (χ0v) is 12.5. The molecule has 1 heterocycles. The van der Waals surface area contributed by atoms with Gasteiger partial charge in [0.25, 0.3) is 0 Å². The minimum atomic E-state index is -3.48. The molecule has 1 unspecified atom stereocenters. The van der Waals surface area contributed by atoms with Crippen LogP contribution >= 0.6 is 0 Å². The zero-order chi connectivity index (χ0) is 14.3. The Hall–Kier alpha value is -0.890. The van der Waals surface area contributed by atoms with Gasteiger partial charge in [0.1, 0.15) is 0 Å². The van der Waals surface area contributed by atoms with E-state index in [4.69, 9.17) is 4.74 Å². The molecule has 0 fully saturated rings. The minimum absolute atomic E-state index is 0.253. The van der Waals surface area contributed by atoms with Crippen molar-refractivity contribution in [3.63, 3.8) is 0 Å². The first-order chi connectivity index (χ1) is 8.99. The summed E-state index contributed by atoms with van der Waals surface area (Å²) < 4.78 is 31.6. The van der Waals surface area contributed by atoms with Gasteiger partial charge in [0.2, 0.25) is 10.0 Å². The lowest BCUT2D eigenvalue weighted by atomic mass is 10.4. The Balaban J connectivity index is 2.63. The highest BCUT2D eigenvalue weighted by Crippen LogP contribution is 2.11. The Bertz CT molecular complexity index is 470. The monoisotopic (exact) mass is 289 g/mol. The van der Waals surface area contributed by atoms with Gasteiger partial charge in [-0.05, 0) is 26.0 Å². The second-order valence-electron chi connectivity index (χ2n) is 4.52. The fourth-order valence-corrected chi connectivity index (χ4v) is 2.94. The molecule has 0 saturated carbocycles. The first-order valence-corrected chi connectivity index (χ1v) is 7.87. The Kier molecular flexibility index (Phi) is 6.50. The van der Waals surface area contributed by atoms with E-state index in [0.29, 0.717) is 13.2 Å². The summed E-state index contributed by atoms with van der Waals surface area (Å²) in [5, 5.41) is 3.21. The van der Waals surface area contributed by atoms with Crippen LogP contribution in [-0.2, 0) is 21.3 Å². The molecule has 0 bridgehead atoms. The van der Waals surface area contributed by atoms with Crippen molar-refractivity contribution in [1.82, 2.24) is 15.0 Å². The van der Waals surface area contributed by atoms with Crippen LogP contribution in [0.25, 0.3) is 0 Å². The van der Waals surface area contributed by atoms with E-state index < -0.39 is 10.0 Å². The molecule has 3 N–H and O–H groups in total. The topological polar surface area (TPSA) is 83.2 Å². The summed E-state index contributed by atoms with van der Waals surface area (Å²) in [5.41, 5.74) is 0.855. The molecule has 1 aromatic heterocycles. The fraction of sp³-hybridized carbons (Fsp3) is 0.667. The molecule has 0 spiro atoms. The van der Waals surface area contributed by atoms with Crippen LogP contribution in [0.4, 0.5) is 0 Å². The van der Waals surface area contributed by atoms with Crippen molar-refractivity contribution in [3.8, 4) is 0 Å². The molecule has 0 aliphatic rings. The summed E-state index contributed by atoms with van der Waals surface area (Å²) >= 11 is 0. The number of aromatic amines is 1. The summed E-state index contributed by atoms with van der Waals surface area (Å²) in [6, 6.07) is 1.39. The van der Waals surface area contributed by atoms with Crippen LogP contribution < -0.4 is 10.0 Å². The highest BCUT2D eigenvalue weighted by Gasteiger charge is 2.18. The smallest absolute Gasteiger partial charge is 0.242 e. The normalized spacial score (nSPS) is 13.6. The maximum atomic E-state index is 12.1. The fourth-order valence-electron chi connectivity index (χ4n) is 1.69. The number of rotatable bonds is 9. The number of hydrogen-bond donors (Lipinski definition) is 3. The molecule has 1 rings (SSSR count). The van der Waals surface area contributed by atoms with Crippen molar-refractivity contribution in [2.75, 3.05) is 20.3 Å². The van der Waals surface area contributed by atoms with Gasteiger partial charge in [-0.25, -0.2) is 13.1 Å². The number of aromatic nitrogens is 1. The summed E-state index contributed by atoms with van der Waals surface area (Å²) in [4.78, 5) is 3.22. The molecule has 0 aromatic carbocycles. The predicted octanol–water partition coefficient (Wildman–Crippen LogP) is 0.828. The molecule has 0 amide bonds. The molecular formula is C12H23N3O3S. The van der Waals surface area contributed by atoms with E-state index >= 15 is 0 Å². The Morgan fingerprint density at radius 3 is 2.84 bits per heavy atom. The summed E-state index contributed by atoms with van der Waals surface area (Å²) in [6.45, 7) is 5.73. The highest BCUT2D eigenvalue weighted by atomic mass is 32.2. The number of ether oxygens (including phenoxy) is 1. The van der Waals surface area contributed by atoms with E-state index in [1.54, 1.807) is 20.1 Å². The molecule has 19 heavy (non-hydrogen) atoms. The van der Waals surface area contributed by atoms with Gasteiger partial charge in [-0.1, -0.05) is 6.92 Å². The SMILES string of the molecule is CCCNCc1cc(S(=O)(=O)NC(C)COC)c[nH]1. The van der Waals surface area contributed by atoms with Crippen molar-refractivity contribution in [1.29, 1.82) is 0 Å². The van der Waals surface area contributed by atoms with Gasteiger partial charge in [0, 0.05) is 31.6 Å². The van der Waals surface area contributed by atoms with Gasteiger partial charge < -0.3 is 15.0 Å². The van der Waals surface area contributed by atoms with Crippen molar-refractivity contribution < 1.29 is 13.2 Å². The molecule has 0 aliphatic heterocycles. The van der Waals surface area contributed by atoms with Gasteiger partial charge in [-0.2, -0.15) is 0 Å². The van der Waals surface area contributed by atoms with E-state index in [1.165, 1.54) is 6.20 Å². The van der Waals surface area contributed by atoms with Gasteiger partial charge >= 0.3 is 0 Å². The predicted molar refractivity (Wildman–Crippen MR) is 74.4 cm³/mol. The van der Waals surface area contributed by atoms with E-state index in [-0.39, 0.29) is 10.9 Å². The van der Waals surface area contributed by atoms with Crippen LogP contribution in [0.15, 0.2) is 17.2 Å². The maximum absolute atomic E-state index is 12.1. The van der Waals surface area contributed by atoms with Crippen LogP contribution in [0.2, 0.25) is 0 Å². The maximum Gasteiger partial charge on any atom is 0.242 e. The van der Waals surface area contributed by atoms with Gasteiger partial charge in [0.15, 0.2) is 0 Å². The summed E-state index contributed by atoms with van der Waals surface area (Å²) in [6.07, 6.45) is 2.55. The number of sulfonamides is 1. The highest BCUT2D eigenvalue weighted by molar-refractivity contribution is 7.89. The van der Waals surface area contributed by atoms with Crippen LogP contribution in [0.3, 0.4) is 0 Å². The summed E-state index contributed by atoms with van der Waals surface area (Å²) in [5.74, 6) is 0. The number of nitrogens with one attached hydrogen (secondary N) is 3. The van der Waals surface area contributed by atoms with Crippen molar-refractivity contribution in [3.05, 3.63) is 18.0 Å². The average molecular weight is 289 g/mol. The minimum Gasteiger partial charge on any atom is -0.383 e. The van der Waals surface area contributed by atoms with Gasteiger partial charge in [-0.3, -0.25) is 0 Å². The molecule has 1 atom stereocenters. The number of H-pyrrole nitrogens is 1. The third-order valence-electron chi connectivity index (χ3n) is 2.54. The molecule has 110 valence electrons. The van der Waals surface area contributed by atoms with Gasteiger partial charge in [-0.15, -0.1) is 0 Å². The van der Waals surface area contributed by atoms with E-state index in [9.17, 15) is 8.42 Å². The van der Waals surface area contributed by atoms with Crippen LogP contribution in [-0.4, -0.2) is 39.7 Å². The first kappa shape index (κ1) is 16.2. The second kappa shape index (κ2) is 7.64. The zero-order valence-electron chi connectivity index (χ0n) is 11.7. The Morgan fingerprint density at radius 2 is 2.21 bits per heavy atom. The average Bonchev–Trinajstić information content (AvgIpc) is 2.78. The molecule has 7 heteroatoms. The van der Waals surface area contributed by atoms with E-state index in [1.807, 2.05) is 0 Å². The number of methoxy groups -OCH3 is 1. The van der Waals surface area contributed by atoms with Crippen LogP contribution in [0, 0.1) is 0 Å². The molecule has 1 aromatic rings. The standard InChI is InChI=1S/C12H23N3O3S/c1-4-5-13-7-11-6-12(8-14-11)19(16,17)15-10(2)9-18-3/h6,8,10,13-15H,4-5,7,9H2,1-3H3. The second-order valence-corrected chi connectivity index (χ2v) is 6.23. The lowest BCUT2D eigenvalue weighted by molar-refractivity contribution is 0.180. The first-order valence-electron chi connectivity index (χ1n) is 6.39. The van der Waals surface area contributed by atoms with E-state index in [0.717, 1.165) is 18.7 Å². The van der Waals surface area contributed by atoms with Crippen molar-refractivity contribution >= 4 is 10.0 Å². The lowest BCUT2D eigenvalue weighted by Gasteiger charge is -2.11. The van der Waals surface area contributed by atoms with Crippen molar-refractivity contribution in [2.24, 2.45) is 0 Å². The third kappa shape index (κ3) is 5.32. The molecule has 0 aliphatic carbocycles. The molecule has 0 saturated heterocycles. The molecule has 6 nitrogen and oxygen atoms in total.